The number of rotatable bonds is 11. The zero-order chi connectivity index (χ0) is 14.6. The number of hydrogen-bond acceptors (Lipinski definition) is 2. The number of carbonyl (C=O) groups is 1. The molecule has 0 spiro atoms. The minimum absolute atomic E-state index is 0.468. The minimum atomic E-state index is -0.839. The monoisotopic (exact) mass is 278 g/mol. The molecule has 1 N–H and O–H groups in total. The van der Waals surface area contributed by atoms with Gasteiger partial charge in [-0.25, -0.2) is 4.79 Å². The lowest BCUT2D eigenvalue weighted by atomic mass is 10.1. The molecule has 0 amide bonds. The lowest BCUT2D eigenvalue weighted by Crippen LogP contribution is -2.24. The quantitative estimate of drug-likeness (QED) is 0.621. The zero-order valence-electron chi connectivity index (χ0n) is 12.4. The van der Waals surface area contributed by atoms with E-state index in [2.05, 4.69) is 6.92 Å². The molecule has 112 valence electrons. The number of ether oxygens (including phenoxy) is 1. The topological polar surface area (TPSA) is 46.5 Å². The first-order valence-electron chi connectivity index (χ1n) is 7.62. The average molecular weight is 278 g/mol. The van der Waals surface area contributed by atoms with Crippen LogP contribution in [0.25, 0.3) is 0 Å². The molecular weight excluding hydrogens is 252 g/mol. The number of carboxylic acid groups (broad SMARTS) is 1. The predicted octanol–water partition coefficient (Wildman–Crippen LogP) is 4.06. The van der Waals surface area contributed by atoms with E-state index in [9.17, 15) is 4.79 Å². The molecule has 0 saturated carbocycles. The van der Waals surface area contributed by atoms with E-state index in [1.165, 1.54) is 24.8 Å². The third-order valence-corrected chi connectivity index (χ3v) is 3.40. The summed E-state index contributed by atoms with van der Waals surface area (Å²) in [6, 6.07) is 10.0. The third-order valence-electron chi connectivity index (χ3n) is 3.40. The van der Waals surface area contributed by atoms with Crippen molar-refractivity contribution in [1.82, 2.24) is 0 Å². The van der Waals surface area contributed by atoms with E-state index >= 15 is 0 Å². The maximum absolute atomic E-state index is 11.1. The van der Waals surface area contributed by atoms with Gasteiger partial charge in [0.1, 0.15) is 0 Å². The molecule has 0 bridgehead atoms. The average Bonchev–Trinajstić information content (AvgIpc) is 2.46. The number of benzene rings is 1. The molecule has 1 atom stereocenters. The first-order valence-corrected chi connectivity index (χ1v) is 7.62. The Labute approximate surface area is 122 Å². The van der Waals surface area contributed by atoms with Gasteiger partial charge in [0.15, 0.2) is 6.10 Å². The first-order chi connectivity index (χ1) is 9.74. The second kappa shape index (κ2) is 10.4. The SMILES string of the molecule is CCCCCCCC(OCCc1ccccc1)C(=O)O. The zero-order valence-corrected chi connectivity index (χ0v) is 12.4. The molecule has 0 aliphatic heterocycles. The summed E-state index contributed by atoms with van der Waals surface area (Å²) in [6.45, 7) is 2.64. The molecule has 0 aliphatic rings. The van der Waals surface area contributed by atoms with Crippen molar-refractivity contribution in [2.45, 2.75) is 58.0 Å². The molecular formula is C17H26O3. The van der Waals surface area contributed by atoms with Crippen molar-refractivity contribution in [1.29, 1.82) is 0 Å². The fourth-order valence-electron chi connectivity index (χ4n) is 2.18. The van der Waals surface area contributed by atoms with Crippen LogP contribution in [0.5, 0.6) is 0 Å². The highest BCUT2D eigenvalue weighted by Gasteiger charge is 2.17. The number of unbranched alkanes of at least 4 members (excludes halogenated alkanes) is 4. The molecule has 0 heterocycles. The van der Waals surface area contributed by atoms with Gasteiger partial charge >= 0.3 is 5.97 Å². The van der Waals surface area contributed by atoms with Crippen LogP contribution in [0, 0.1) is 0 Å². The number of carboxylic acids is 1. The summed E-state index contributed by atoms with van der Waals surface area (Å²) >= 11 is 0. The molecule has 1 unspecified atom stereocenters. The summed E-state index contributed by atoms with van der Waals surface area (Å²) in [7, 11) is 0. The summed E-state index contributed by atoms with van der Waals surface area (Å²) in [4.78, 5) is 11.1. The second-order valence-corrected chi connectivity index (χ2v) is 5.14. The summed E-state index contributed by atoms with van der Waals surface area (Å²) in [5.41, 5.74) is 1.18. The van der Waals surface area contributed by atoms with Crippen LogP contribution in [0.4, 0.5) is 0 Å². The minimum Gasteiger partial charge on any atom is -0.479 e. The van der Waals surface area contributed by atoms with Gasteiger partial charge in [0, 0.05) is 0 Å². The lowest BCUT2D eigenvalue weighted by Gasteiger charge is -2.13. The molecule has 0 saturated heterocycles. The van der Waals surface area contributed by atoms with Crippen LogP contribution in [0.3, 0.4) is 0 Å². The van der Waals surface area contributed by atoms with Gasteiger partial charge in [0.2, 0.25) is 0 Å². The van der Waals surface area contributed by atoms with Gasteiger partial charge in [0.05, 0.1) is 6.61 Å². The largest absolute Gasteiger partial charge is 0.479 e. The maximum atomic E-state index is 11.1. The van der Waals surface area contributed by atoms with Crippen molar-refractivity contribution in [3.05, 3.63) is 35.9 Å². The van der Waals surface area contributed by atoms with E-state index in [0.717, 1.165) is 19.3 Å². The van der Waals surface area contributed by atoms with Crippen molar-refractivity contribution >= 4 is 5.97 Å². The van der Waals surface area contributed by atoms with E-state index in [0.29, 0.717) is 13.0 Å². The normalized spacial score (nSPS) is 12.2. The molecule has 1 aromatic rings. The molecule has 0 radical (unpaired) electrons. The van der Waals surface area contributed by atoms with Gasteiger partial charge in [0.25, 0.3) is 0 Å². The van der Waals surface area contributed by atoms with Crippen molar-refractivity contribution in [2.24, 2.45) is 0 Å². The van der Waals surface area contributed by atoms with Gasteiger partial charge in [-0.15, -0.1) is 0 Å². The number of aliphatic carboxylic acids is 1. The first kappa shape index (κ1) is 16.7. The fourth-order valence-corrected chi connectivity index (χ4v) is 2.18. The van der Waals surface area contributed by atoms with Gasteiger partial charge in [-0.2, -0.15) is 0 Å². The van der Waals surface area contributed by atoms with E-state index in [1.54, 1.807) is 0 Å². The molecule has 0 aromatic heterocycles. The molecule has 3 nitrogen and oxygen atoms in total. The Kier molecular flexibility index (Phi) is 8.72. The van der Waals surface area contributed by atoms with Crippen LogP contribution in [0.2, 0.25) is 0 Å². The number of hydrogen-bond donors (Lipinski definition) is 1. The van der Waals surface area contributed by atoms with Gasteiger partial charge in [-0.05, 0) is 18.4 Å². The maximum Gasteiger partial charge on any atom is 0.332 e. The van der Waals surface area contributed by atoms with Crippen molar-refractivity contribution < 1.29 is 14.6 Å². The summed E-state index contributed by atoms with van der Waals surface area (Å²) in [5, 5.41) is 9.15. The van der Waals surface area contributed by atoms with Crippen LogP contribution in [0.15, 0.2) is 30.3 Å². The van der Waals surface area contributed by atoms with E-state index in [-0.39, 0.29) is 0 Å². The highest BCUT2D eigenvalue weighted by Crippen LogP contribution is 2.10. The highest BCUT2D eigenvalue weighted by molar-refractivity contribution is 5.72. The standard InChI is InChI=1S/C17H26O3/c1-2-3-4-5-9-12-16(17(18)19)20-14-13-15-10-7-6-8-11-15/h6-8,10-11,16H,2-5,9,12-14H2,1H3,(H,18,19). The predicted molar refractivity (Wildman–Crippen MR) is 80.9 cm³/mol. The van der Waals surface area contributed by atoms with Crippen LogP contribution >= 0.6 is 0 Å². The van der Waals surface area contributed by atoms with Crippen molar-refractivity contribution in [2.75, 3.05) is 6.61 Å². The van der Waals surface area contributed by atoms with Gasteiger partial charge in [-0.3, -0.25) is 0 Å². The Balaban J connectivity index is 2.20. The van der Waals surface area contributed by atoms with Gasteiger partial charge < -0.3 is 9.84 Å². The van der Waals surface area contributed by atoms with Crippen molar-refractivity contribution in [3.63, 3.8) is 0 Å². The van der Waals surface area contributed by atoms with Crippen LogP contribution in [-0.2, 0) is 16.0 Å². The second-order valence-electron chi connectivity index (χ2n) is 5.14. The van der Waals surface area contributed by atoms with E-state index in [4.69, 9.17) is 9.84 Å². The summed E-state index contributed by atoms with van der Waals surface area (Å²) in [5.74, 6) is -0.839. The van der Waals surface area contributed by atoms with Crippen LogP contribution in [0.1, 0.15) is 51.0 Å². The van der Waals surface area contributed by atoms with Crippen LogP contribution < -0.4 is 0 Å². The summed E-state index contributed by atoms with van der Waals surface area (Å²) < 4.78 is 5.51. The smallest absolute Gasteiger partial charge is 0.332 e. The Bertz CT molecular complexity index is 362. The fraction of sp³-hybridized carbons (Fsp3) is 0.588. The highest BCUT2D eigenvalue weighted by atomic mass is 16.5. The Hall–Kier alpha value is -1.35. The summed E-state index contributed by atoms with van der Waals surface area (Å²) in [6.07, 6.45) is 6.38. The lowest BCUT2D eigenvalue weighted by molar-refractivity contribution is -0.150. The Morgan fingerprint density at radius 2 is 1.85 bits per heavy atom. The molecule has 1 aromatic carbocycles. The van der Waals surface area contributed by atoms with Gasteiger partial charge in [-0.1, -0.05) is 69.4 Å². The third kappa shape index (κ3) is 7.29. The van der Waals surface area contributed by atoms with Crippen molar-refractivity contribution in [3.8, 4) is 0 Å². The van der Waals surface area contributed by atoms with Crippen LogP contribution in [-0.4, -0.2) is 23.8 Å². The Morgan fingerprint density at radius 1 is 1.15 bits per heavy atom. The molecule has 20 heavy (non-hydrogen) atoms. The Morgan fingerprint density at radius 3 is 2.50 bits per heavy atom. The molecule has 3 heteroatoms. The molecule has 0 fully saturated rings. The molecule has 1 rings (SSSR count). The van der Waals surface area contributed by atoms with E-state index < -0.39 is 12.1 Å². The molecule has 0 aliphatic carbocycles. The van der Waals surface area contributed by atoms with E-state index in [1.807, 2.05) is 30.3 Å².